The first-order chi connectivity index (χ1) is 20.0. The molecule has 1 aliphatic carbocycles. The van der Waals surface area contributed by atoms with E-state index in [4.69, 9.17) is 9.47 Å². The Hall–Kier alpha value is -4.38. The van der Waals surface area contributed by atoms with E-state index in [1.807, 2.05) is 12.1 Å². The molecular weight excluding hydrogens is 564 g/mol. The summed E-state index contributed by atoms with van der Waals surface area (Å²) in [5.74, 6) is -0.911. The van der Waals surface area contributed by atoms with E-state index in [0.29, 0.717) is 51.6 Å². The fourth-order valence-electron chi connectivity index (χ4n) is 6.11. The number of rotatable bonds is 6. The van der Waals surface area contributed by atoms with Gasteiger partial charge in [-0.15, -0.1) is 0 Å². The van der Waals surface area contributed by atoms with E-state index in [0.717, 1.165) is 17.9 Å². The zero-order valence-corrected chi connectivity index (χ0v) is 24.3. The highest BCUT2D eigenvalue weighted by Gasteiger charge is 2.45. The summed E-state index contributed by atoms with van der Waals surface area (Å²) in [6.45, 7) is 0.346. The first-order valence-electron chi connectivity index (χ1n) is 13.2. The Labute approximate surface area is 242 Å². The second-order valence-corrected chi connectivity index (χ2v) is 12.9. The summed E-state index contributed by atoms with van der Waals surface area (Å²) in [5.41, 5.74) is 3.90. The highest BCUT2D eigenvalue weighted by Crippen LogP contribution is 2.49. The van der Waals surface area contributed by atoms with Crippen LogP contribution in [0.25, 0.3) is 11.3 Å². The van der Waals surface area contributed by atoms with E-state index in [1.165, 1.54) is 16.7 Å². The third-order valence-electron chi connectivity index (χ3n) is 7.94. The largest absolute Gasteiger partial charge is 0.497 e. The van der Waals surface area contributed by atoms with Gasteiger partial charge in [0.05, 0.1) is 43.0 Å². The Morgan fingerprint density at radius 2 is 1.76 bits per heavy atom. The number of hydrogen-bond donors (Lipinski definition) is 1. The van der Waals surface area contributed by atoms with Crippen molar-refractivity contribution < 1.29 is 26.7 Å². The summed E-state index contributed by atoms with van der Waals surface area (Å²) in [5, 5.41) is 3.47. The van der Waals surface area contributed by atoms with Gasteiger partial charge in [0, 0.05) is 55.9 Å². The van der Waals surface area contributed by atoms with Crippen molar-refractivity contribution in [2.45, 2.75) is 12.0 Å². The molecule has 0 amide bonds. The Balaban J connectivity index is 1.65. The van der Waals surface area contributed by atoms with Gasteiger partial charge < -0.3 is 24.3 Å². The maximum atomic E-state index is 15.4. The fourth-order valence-corrected chi connectivity index (χ4v) is 6.92. The SMILES string of the molecule is COc1cc(OC)cc(C2CNC3=C4C(=CN(c5ccc(F)cc5F)C42)C=C(CS(C)(=O)=O)c2ccn(C)c(=O)c23)c1. The molecule has 1 N–H and O–H groups in total. The molecule has 0 fully saturated rings. The van der Waals surface area contributed by atoms with Crippen molar-refractivity contribution in [3.63, 3.8) is 0 Å². The standard InChI is InChI=1S/C31H29F2N3O5S/c1-35-8-7-23-19(16-42(4,38)39)9-18-15-36(26-6-5-20(32)12-25(26)33)30-24(14-34-29(27(18)30)28(23)31(35)37)17-10-21(40-2)13-22(11-17)41-3/h5-13,15,24,30,34H,14,16H2,1-4H3. The average molecular weight is 594 g/mol. The van der Waals surface area contributed by atoms with Crippen LogP contribution in [-0.4, -0.2) is 51.8 Å². The van der Waals surface area contributed by atoms with Gasteiger partial charge in [0.25, 0.3) is 5.56 Å². The minimum absolute atomic E-state index is 0.148. The molecule has 2 unspecified atom stereocenters. The Morgan fingerprint density at radius 1 is 1.05 bits per heavy atom. The van der Waals surface area contributed by atoms with E-state index in [-0.39, 0.29) is 22.9 Å². The van der Waals surface area contributed by atoms with E-state index in [9.17, 15) is 17.6 Å². The highest BCUT2D eigenvalue weighted by atomic mass is 32.2. The van der Waals surface area contributed by atoms with Crippen molar-refractivity contribution in [2.75, 3.05) is 37.7 Å². The zero-order chi connectivity index (χ0) is 29.9. The molecule has 11 heteroatoms. The topological polar surface area (TPSA) is 89.9 Å². The van der Waals surface area contributed by atoms with Crippen LogP contribution in [0.3, 0.4) is 0 Å². The van der Waals surface area contributed by atoms with Gasteiger partial charge in [-0.3, -0.25) is 4.79 Å². The molecule has 0 saturated carbocycles. The van der Waals surface area contributed by atoms with Gasteiger partial charge in [-0.25, -0.2) is 17.2 Å². The lowest BCUT2D eigenvalue weighted by molar-refractivity contribution is 0.391. The quantitative estimate of drug-likeness (QED) is 0.462. The highest BCUT2D eigenvalue weighted by molar-refractivity contribution is 7.91. The third-order valence-corrected chi connectivity index (χ3v) is 8.77. The molecule has 0 radical (unpaired) electrons. The van der Waals surface area contributed by atoms with Crippen molar-refractivity contribution in [3.8, 4) is 11.5 Å². The first-order valence-corrected chi connectivity index (χ1v) is 15.3. The predicted molar refractivity (Wildman–Crippen MR) is 157 cm³/mol. The van der Waals surface area contributed by atoms with Crippen LogP contribution in [0.2, 0.25) is 0 Å². The van der Waals surface area contributed by atoms with Crippen molar-refractivity contribution in [1.29, 1.82) is 0 Å². The smallest absolute Gasteiger partial charge is 0.260 e. The molecule has 0 bridgehead atoms. The molecule has 3 aliphatic rings. The lowest BCUT2D eigenvalue weighted by Crippen LogP contribution is -2.44. The molecular formula is C31H29F2N3O5S. The van der Waals surface area contributed by atoms with Crippen LogP contribution in [0, 0.1) is 11.6 Å². The van der Waals surface area contributed by atoms with Gasteiger partial charge >= 0.3 is 0 Å². The van der Waals surface area contributed by atoms with E-state index >= 15 is 4.39 Å². The molecule has 42 heavy (non-hydrogen) atoms. The summed E-state index contributed by atoms with van der Waals surface area (Å²) < 4.78 is 66.9. The van der Waals surface area contributed by atoms with Crippen molar-refractivity contribution >= 4 is 26.8 Å². The molecule has 6 rings (SSSR count). The number of aromatic nitrogens is 1. The third kappa shape index (κ3) is 4.67. The molecule has 0 saturated heterocycles. The average Bonchev–Trinajstić information content (AvgIpc) is 3.25. The first kappa shape index (κ1) is 27.8. The van der Waals surface area contributed by atoms with Gasteiger partial charge in [0.2, 0.25) is 0 Å². The molecule has 8 nitrogen and oxygen atoms in total. The monoisotopic (exact) mass is 593 g/mol. The Bertz CT molecular complexity index is 1870. The summed E-state index contributed by atoms with van der Waals surface area (Å²) in [4.78, 5) is 15.4. The minimum Gasteiger partial charge on any atom is -0.497 e. The number of ether oxygens (including phenoxy) is 2. The number of allylic oxidation sites excluding steroid dienone is 1. The van der Waals surface area contributed by atoms with Crippen LogP contribution in [0.15, 0.2) is 76.9 Å². The van der Waals surface area contributed by atoms with Gasteiger partial charge in [-0.1, -0.05) is 0 Å². The van der Waals surface area contributed by atoms with Gasteiger partial charge in [0.1, 0.15) is 23.1 Å². The number of anilines is 1. The lowest BCUT2D eigenvalue weighted by Gasteiger charge is -2.39. The summed E-state index contributed by atoms with van der Waals surface area (Å²) in [6, 6.07) is 10.1. The van der Waals surface area contributed by atoms with E-state index in [2.05, 4.69) is 5.32 Å². The summed E-state index contributed by atoms with van der Waals surface area (Å²) in [6.07, 6.45) is 6.26. The molecule has 2 aliphatic heterocycles. The second-order valence-electron chi connectivity index (χ2n) is 10.7. The normalized spacial score (nSPS) is 19.3. The number of methoxy groups -OCH3 is 2. The molecule has 3 heterocycles. The number of hydrogen-bond acceptors (Lipinski definition) is 7. The number of aryl methyl sites for hydroxylation is 1. The van der Waals surface area contributed by atoms with Crippen molar-refractivity contribution in [2.24, 2.45) is 7.05 Å². The molecule has 2 aromatic carbocycles. The zero-order valence-electron chi connectivity index (χ0n) is 23.4. The maximum Gasteiger partial charge on any atom is 0.260 e. The Kier molecular flexibility index (Phi) is 6.72. The van der Waals surface area contributed by atoms with Crippen LogP contribution >= 0.6 is 0 Å². The van der Waals surface area contributed by atoms with Gasteiger partial charge in [-0.05, 0) is 58.7 Å². The number of sulfone groups is 1. The van der Waals surface area contributed by atoms with Crippen molar-refractivity contribution in [3.05, 3.63) is 111 Å². The predicted octanol–water partition coefficient (Wildman–Crippen LogP) is 3.99. The van der Waals surface area contributed by atoms with Gasteiger partial charge in [-0.2, -0.15) is 0 Å². The molecule has 3 aromatic rings. The molecule has 2 atom stereocenters. The summed E-state index contributed by atoms with van der Waals surface area (Å²) >= 11 is 0. The molecule has 218 valence electrons. The number of pyridine rings is 1. The van der Waals surface area contributed by atoms with Crippen LogP contribution < -0.4 is 25.2 Å². The van der Waals surface area contributed by atoms with E-state index in [1.54, 1.807) is 56.8 Å². The number of nitrogens with one attached hydrogen (secondary N) is 1. The minimum atomic E-state index is -3.49. The van der Waals surface area contributed by atoms with Crippen LogP contribution in [-0.2, 0) is 16.9 Å². The molecule has 1 aromatic heterocycles. The number of halogens is 2. The lowest BCUT2D eigenvalue weighted by atomic mass is 9.80. The fraction of sp³-hybridized carbons (Fsp3) is 0.258. The van der Waals surface area contributed by atoms with Crippen molar-refractivity contribution in [1.82, 2.24) is 9.88 Å². The summed E-state index contributed by atoms with van der Waals surface area (Å²) in [7, 11) is 1.26. The number of fused-ring (bicyclic) bond motifs is 2. The van der Waals surface area contributed by atoms with Gasteiger partial charge in [0.15, 0.2) is 9.84 Å². The van der Waals surface area contributed by atoms with Crippen LogP contribution in [0.1, 0.15) is 22.6 Å². The second kappa shape index (κ2) is 10.2. The number of benzene rings is 2. The maximum absolute atomic E-state index is 15.4. The van der Waals surface area contributed by atoms with Crippen LogP contribution in [0.5, 0.6) is 11.5 Å². The number of nitrogens with zero attached hydrogens (tertiary/aromatic N) is 2. The molecule has 0 spiro atoms. The Morgan fingerprint density at radius 3 is 2.40 bits per heavy atom. The van der Waals surface area contributed by atoms with E-state index < -0.39 is 27.5 Å². The van der Waals surface area contributed by atoms with Crippen LogP contribution in [0.4, 0.5) is 14.5 Å².